The van der Waals surface area contributed by atoms with Gasteiger partial charge in [-0.3, -0.25) is 14.8 Å². The van der Waals surface area contributed by atoms with E-state index in [1.54, 1.807) is 30.7 Å². The van der Waals surface area contributed by atoms with Crippen LogP contribution in [0.25, 0.3) is 6.08 Å². The average molecular weight is 351 g/mol. The van der Waals surface area contributed by atoms with E-state index in [2.05, 4.69) is 36.8 Å². The van der Waals surface area contributed by atoms with Gasteiger partial charge >= 0.3 is 0 Å². The van der Waals surface area contributed by atoms with Gasteiger partial charge in [0.25, 0.3) is 5.91 Å². The first-order valence-corrected chi connectivity index (χ1v) is 8.97. The number of benzene rings is 1. The molecule has 1 amide bonds. The lowest BCUT2D eigenvalue weighted by atomic mass is 9.80. The van der Waals surface area contributed by atoms with E-state index in [1.807, 2.05) is 24.0 Å². The second kappa shape index (κ2) is 7.28. The molecule has 0 fully saturated rings. The lowest BCUT2D eigenvalue weighted by Gasteiger charge is -2.45. The first-order valence-electron chi connectivity index (χ1n) is 8.97. The molecule has 0 saturated heterocycles. The SMILES string of the molecule is CCOc1ccc2c(c1)C(C)CC(C)(C)N2C(=O)/C=C/c1cnccn1. The summed E-state index contributed by atoms with van der Waals surface area (Å²) in [7, 11) is 0. The average Bonchev–Trinajstić information content (AvgIpc) is 2.61. The van der Waals surface area contributed by atoms with Crippen molar-refractivity contribution in [2.45, 2.75) is 45.6 Å². The standard InChI is InChI=1S/C21H25N3O2/c1-5-26-17-7-8-19-18(12-17)15(2)13-21(3,4)24(19)20(25)9-6-16-14-22-10-11-23-16/h6-12,14-15H,5,13H2,1-4H3/b9-6+. The molecule has 1 unspecified atom stereocenters. The zero-order valence-corrected chi connectivity index (χ0v) is 15.8. The summed E-state index contributed by atoms with van der Waals surface area (Å²) in [6.45, 7) is 9.02. The lowest BCUT2D eigenvalue weighted by molar-refractivity contribution is -0.115. The molecular formula is C21H25N3O2. The van der Waals surface area contributed by atoms with Gasteiger partial charge in [0.1, 0.15) is 5.75 Å². The van der Waals surface area contributed by atoms with Crippen molar-refractivity contribution in [2.24, 2.45) is 0 Å². The number of ether oxygens (including phenoxy) is 1. The Kier molecular flexibility index (Phi) is 5.07. The first kappa shape index (κ1) is 18.1. The quantitative estimate of drug-likeness (QED) is 0.775. The summed E-state index contributed by atoms with van der Waals surface area (Å²) >= 11 is 0. The lowest BCUT2D eigenvalue weighted by Crippen LogP contribution is -2.51. The fourth-order valence-corrected chi connectivity index (χ4v) is 3.71. The normalized spacial score (nSPS) is 18.6. The van der Waals surface area contributed by atoms with Crippen molar-refractivity contribution >= 4 is 17.7 Å². The van der Waals surface area contributed by atoms with Gasteiger partial charge in [-0.15, -0.1) is 0 Å². The highest BCUT2D eigenvalue weighted by Gasteiger charge is 2.39. The second-order valence-electron chi connectivity index (χ2n) is 7.21. The van der Waals surface area contributed by atoms with Crippen LogP contribution in [-0.4, -0.2) is 28.0 Å². The van der Waals surface area contributed by atoms with Gasteiger partial charge in [0.15, 0.2) is 0 Å². The van der Waals surface area contributed by atoms with Gasteiger partial charge < -0.3 is 9.64 Å². The zero-order chi connectivity index (χ0) is 18.7. The van der Waals surface area contributed by atoms with Gasteiger partial charge in [0, 0.05) is 29.7 Å². The zero-order valence-electron chi connectivity index (χ0n) is 15.8. The molecule has 0 spiro atoms. The van der Waals surface area contributed by atoms with Crippen molar-refractivity contribution in [3.05, 3.63) is 54.1 Å². The predicted molar refractivity (Wildman–Crippen MR) is 103 cm³/mol. The largest absolute Gasteiger partial charge is 0.494 e. The predicted octanol–water partition coefficient (Wildman–Crippen LogP) is 4.21. The van der Waals surface area contributed by atoms with Crippen LogP contribution in [-0.2, 0) is 4.79 Å². The van der Waals surface area contributed by atoms with Crippen molar-refractivity contribution in [1.29, 1.82) is 0 Å². The Bertz CT molecular complexity index is 815. The molecule has 1 aromatic heterocycles. The van der Waals surface area contributed by atoms with Crippen LogP contribution >= 0.6 is 0 Å². The number of carbonyl (C=O) groups excluding carboxylic acids is 1. The number of hydrogen-bond acceptors (Lipinski definition) is 4. The molecule has 1 aromatic carbocycles. The Hall–Kier alpha value is -2.69. The molecule has 1 aliphatic heterocycles. The molecule has 2 heterocycles. The minimum absolute atomic E-state index is 0.0574. The van der Waals surface area contributed by atoms with E-state index in [4.69, 9.17) is 4.74 Å². The number of aromatic nitrogens is 2. The topological polar surface area (TPSA) is 55.3 Å². The Morgan fingerprint density at radius 2 is 2.19 bits per heavy atom. The molecule has 5 heteroatoms. The highest BCUT2D eigenvalue weighted by Crippen LogP contribution is 2.44. The van der Waals surface area contributed by atoms with Crippen LogP contribution in [0.2, 0.25) is 0 Å². The number of hydrogen-bond donors (Lipinski definition) is 0. The Balaban J connectivity index is 1.96. The summed E-state index contributed by atoms with van der Waals surface area (Å²) in [6.07, 6.45) is 9.03. The van der Waals surface area contributed by atoms with Crippen LogP contribution in [0.5, 0.6) is 5.75 Å². The molecule has 0 radical (unpaired) electrons. The summed E-state index contributed by atoms with van der Waals surface area (Å²) in [6, 6.07) is 5.99. The number of rotatable bonds is 4. The molecule has 0 saturated carbocycles. The fourth-order valence-electron chi connectivity index (χ4n) is 3.71. The van der Waals surface area contributed by atoms with Gasteiger partial charge in [-0.05, 0) is 62.9 Å². The molecule has 0 bridgehead atoms. The summed E-state index contributed by atoms with van der Waals surface area (Å²) in [5, 5.41) is 0. The van der Waals surface area contributed by atoms with Gasteiger partial charge in [-0.1, -0.05) is 6.92 Å². The molecule has 26 heavy (non-hydrogen) atoms. The number of fused-ring (bicyclic) bond motifs is 1. The molecule has 0 aliphatic carbocycles. The third-order valence-electron chi connectivity index (χ3n) is 4.69. The maximum Gasteiger partial charge on any atom is 0.251 e. The smallest absolute Gasteiger partial charge is 0.251 e. The van der Waals surface area contributed by atoms with Crippen molar-refractivity contribution in [2.75, 3.05) is 11.5 Å². The minimum atomic E-state index is -0.274. The third-order valence-corrected chi connectivity index (χ3v) is 4.69. The molecule has 3 rings (SSSR count). The van der Waals surface area contributed by atoms with Crippen LogP contribution in [0, 0.1) is 0 Å². The van der Waals surface area contributed by atoms with Crippen LogP contribution < -0.4 is 9.64 Å². The van der Waals surface area contributed by atoms with Crippen molar-refractivity contribution in [3.8, 4) is 5.75 Å². The molecule has 1 aliphatic rings. The van der Waals surface area contributed by atoms with Crippen LogP contribution in [0.1, 0.15) is 51.3 Å². The van der Waals surface area contributed by atoms with Gasteiger partial charge in [0.05, 0.1) is 18.5 Å². The number of carbonyl (C=O) groups is 1. The molecular weight excluding hydrogens is 326 g/mol. The Morgan fingerprint density at radius 3 is 2.88 bits per heavy atom. The summed E-state index contributed by atoms with van der Waals surface area (Å²) in [5.74, 6) is 1.15. The molecule has 2 aromatic rings. The van der Waals surface area contributed by atoms with Gasteiger partial charge in [-0.2, -0.15) is 0 Å². The van der Waals surface area contributed by atoms with E-state index in [-0.39, 0.29) is 11.4 Å². The Labute approximate surface area is 154 Å². The monoisotopic (exact) mass is 351 g/mol. The summed E-state index contributed by atoms with van der Waals surface area (Å²) in [5.41, 5.74) is 2.49. The minimum Gasteiger partial charge on any atom is -0.494 e. The number of amides is 1. The van der Waals surface area contributed by atoms with Crippen LogP contribution in [0.15, 0.2) is 42.9 Å². The Morgan fingerprint density at radius 1 is 1.38 bits per heavy atom. The second-order valence-corrected chi connectivity index (χ2v) is 7.21. The maximum atomic E-state index is 13.0. The van der Waals surface area contributed by atoms with Crippen molar-refractivity contribution in [3.63, 3.8) is 0 Å². The van der Waals surface area contributed by atoms with Gasteiger partial charge in [-0.25, -0.2) is 0 Å². The van der Waals surface area contributed by atoms with Gasteiger partial charge in [0.2, 0.25) is 0 Å². The van der Waals surface area contributed by atoms with Crippen LogP contribution in [0.4, 0.5) is 5.69 Å². The van der Waals surface area contributed by atoms with E-state index >= 15 is 0 Å². The first-order chi connectivity index (χ1) is 12.4. The summed E-state index contributed by atoms with van der Waals surface area (Å²) in [4.78, 5) is 23.1. The maximum absolute atomic E-state index is 13.0. The molecule has 1 atom stereocenters. The van der Waals surface area contributed by atoms with Crippen molar-refractivity contribution < 1.29 is 9.53 Å². The third kappa shape index (κ3) is 3.62. The molecule has 136 valence electrons. The van der Waals surface area contributed by atoms with E-state index < -0.39 is 0 Å². The number of anilines is 1. The van der Waals surface area contributed by atoms with Crippen LogP contribution in [0.3, 0.4) is 0 Å². The van der Waals surface area contributed by atoms with E-state index in [0.717, 1.165) is 23.4 Å². The van der Waals surface area contributed by atoms with E-state index in [0.29, 0.717) is 18.2 Å². The van der Waals surface area contributed by atoms with Crippen molar-refractivity contribution in [1.82, 2.24) is 9.97 Å². The fraction of sp³-hybridized carbons (Fsp3) is 0.381. The summed E-state index contributed by atoms with van der Waals surface area (Å²) < 4.78 is 5.64. The number of nitrogens with zero attached hydrogens (tertiary/aromatic N) is 3. The van der Waals surface area contributed by atoms with E-state index in [1.165, 1.54) is 0 Å². The molecule has 0 N–H and O–H groups in total. The van der Waals surface area contributed by atoms with E-state index in [9.17, 15) is 4.79 Å². The highest BCUT2D eigenvalue weighted by atomic mass is 16.5. The highest BCUT2D eigenvalue weighted by molar-refractivity contribution is 6.05. The molecule has 5 nitrogen and oxygen atoms in total.